The van der Waals surface area contributed by atoms with Crippen LogP contribution in [0.15, 0.2) is 23.1 Å². The Labute approximate surface area is 94.7 Å². The Kier molecular flexibility index (Phi) is 4.21. The maximum absolute atomic E-state index is 10.9. The average Bonchev–Trinajstić information content (AvgIpc) is 2.20. The Bertz CT molecular complexity index is 361. The van der Waals surface area contributed by atoms with Gasteiger partial charge in [-0.3, -0.25) is 0 Å². The molecule has 0 spiro atoms. The van der Waals surface area contributed by atoms with Gasteiger partial charge >= 0.3 is 5.97 Å². The number of hydrogen-bond acceptors (Lipinski definition) is 2. The Balaban J connectivity index is 2.92. The first-order valence-corrected chi connectivity index (χ1v) is 5.93. The molecule has 0 aromatic heterocycles. The van der Waals surface area contributed by atoms with Crippen molar-refractivity contribution in [2.24, 2.45) is 0 Å². The molecular formula is C12H16O2S. The molecule has 1 atom stereocenters. The third-order valence-electron chi connectivity index (χ3n) is 2.35. The zero-order chi connectivity index (χ0) is 11.4. The van der Waals surface area contributed by atoms with Gasteiger partial charge in [0.1, 0.15) is 0 Å². The van der Waals surface area contributed by atoms with Crippen LogP contribution >= 0.6 is 11.8 Å². The summed E-state index contributed by atoms with van der Waals surface area (Å²) >= 11 is 1.72. The van der Waals surface area contributed by atoms with E-state index in [4.69, 9.17) is 5.11 Å². The first kappa shape index (κ1) is 12.1. The summed E-state index contributed by atoms with van der Waals surface area (Å²) in [5.74, 6) is -0.848. The molecule has 0 saturated heterocycles. The summed E-state index contributed by atoms with van der Waals surface area (Å²) in [4.78, 5) is 12.0. The summed E-state index contributed by atoms with van der Waals surface area (Å²) in [6.45, 7) is 6.09. The molecule has 1 rings (SSSR count). The predicted molar refractivity (Wildman–Crippen MR) is 63.7 cm³/mol. The molecule has 0 aliphatic rings. The zero-order valence-electron chi connectivity index (χ0n) is 9.28. The number of benzene rings is 1. The highest BCUT2D eigenvalue weighted by Gasteiger charge is 2.09. The molecule has 1 N–H and O–H groups in total. The summed E-state index contributed by atoms with van der Waals surface area (Å²) in [6.07, 6.45) is 1.08. The maximum Gasteiger partial charge on any atom is 0.335 e. The van der Waals surface area contributed by atoms with Gasteiger partial charge in [0.05, 0.1) is 5.56 Å². The van der Waals surface area contributed by atoms with Crippen molar-refractivity contribution in [1.82, 2.24) is 0 Å². The van der Waals surface area contributed by atoms with Crippen LogP contribution in [0.5, 0.6) is 0 Å². The smallest absolute Gasteiger partial charge is 0.335 e. The van der Waals surface area contributed by atoms with Crippen molar-refractivity contribution in [2.45, 2.75) is 37.3 Å². The normalized spacial score (nSPS) is 12.5. The van der Waals surface area contributed by atoms with Crippen LogP contribution in [0.3, 0.4) is 0 Å². The van der Waals surface area contributed by atoms with E-state index in [9.17, 15) is 4.79 Å². The lowest BCUT2D eigenvalue weighted by atomic mass is 10.1. The van der Waals surface area contributed by atoms with E-state index in [0.717, 1.165) is 16.9 Å². The maximum atomic E-state index is 10.9. The summed E-state index contributed by atoms with van der Waals surface area (Å²) in [6, 6.07) is 5.61. The number of carboxylic acids is 1. The summed E-state index contributed by atoms with van der Waals surface area (Å²) in [7, 11) is 0. The van der Waals surface area contributed by atoms with Crippen molar-refractivity contribution in [3.63, 3.8) is 0 Å². The molecule has 1 unspecified atom stereocenters. The minimum atomic E-state index is -0.848. The van der Waals surface area contributed by atoms with Gasteiger partial charge < -0.3 is 5.11 Å². The SMILES string of the molecule is CCC(C)Sc1ccc(C)c(C(=O)O)c1. The van der Waals surface area contributed by atoms with Gasteiger partial charge in [-0.05, 0) is 31.0 Å². The van der Waals surface area contributed by atoms with Gasteiger partial charge in [-0.2, -0.15) is 0 Å². The largest absolute Gasteiger partial charge is 0.478 e. The first-order valence-electron chi connectivity index (χ1n) is 5.05. The second kappa shape index (κ2) is 5.21. The number of thioether (sulfide) groups is 1. The fourth-order valence-corrected chi connectivity index (χ4v) is 2.18. The highest BCUT2D eigenvalue weighted by atomic mass is 32.2. The molecule has 0 amide bonds. The zero-order valence-corrected chi connectivity index (χ0v) is 10.1. The van der Waals surface area contributed by atoms with Crippen LogP contribution in [0.1, 0.15) is 36.2 Å². The highest BCUT2D eigenvalue weighted by Crippen LogP contribution is 2.26. The molecule has 2 nitrogen and oxygen atoms in total. The molecule has 0 heterocycles. The van der Waals surface area contributed by atoms with E-state index in [-0.39, 0.29) is 0 Å². The summed E-state index contributed by atoms with van der Waals surface area (Å²) in [5, 5.41) is 9.49. The Morgan fingerprint density at radius 3 is 2.73 bits per heavy atom. The molecule has 0 radical (unpaired) electrons. The minimum Gasteiger partial charge on any atom is -0.478 e. The van der Waals surface area contributed by atoms with Gasteiger partial charge in [-0.15, -0.1) is 11.8 Å². The number of hydrogen-bond donors (Lipinski definition) is 1. The van der Waals surface area contributed by atoms with Crippen LogP contribution in [0, 0.1) is 6.92 Å². The number of rotatable bonds is 4. The van der Waals surface area contributed by atoms with Gasteiger partial charge in [-0.1, -0.05) is 19.9 Å². The topological polar surface area (TPSA) is 37.3 Å². The van der Waals surface area contributed by atoms with Crippen LogP contribution in [-0.2, 0) is 0 Å². The summed E-state index contributed by atoms with van der Waals surface area (Å²) < 4.78 is 0. The molecular weight excluding hydrogens is 208 g/mol. The molecule has 15 heavy (non-hydrogen) atoms. The van der Waals surface area contributed by atoms with Crippen LogP contribution < -0.4 is 0 Å². The lowest BCUT2D eigenvalue weighted by Crippen LogP contribution is -2.00. The standard InChI is InChI=1S/C12H16O2S/c1-4-9(3)15-10-6-5-8(2)11(7-10)12(13)14/h5-7,9H,4H2,1-3H3,(H,13,14). The Morgan fingerprint density at radius 2 is 2.20 bits per heavy atom. The van der Waals surface area contributed by atoms with Crippen molar-refractivity contribution in [3.8, 4) is 0 Å². The van der Waals surface area contributed by atoms with E-state index in [1.165, 1.54) is 0 Å². The molecule has 3 heteroatoms. The molecule has 0 saturated carbocycles. The fraction of sp³-hybridized carbons (Fsp3) is 0.417. The average molecular weight is 224 g/mol. The quantitative estimate of drug-likeness (QED) is 0.794. The number of carboxylic acid groups (broad SMARTS) is 1. The van der Waals surface area contributed by atoms with E-state index in [1.807, 2.05) is 19.1 Å². The first-order chi connectivity index (χ1) is 7.04. The monoisotopic (exact) mass is 224 g/mol. The van der Waals surface area contributed by atoms with E-state index in [0.29, 0.717) is 10.8 Å². The van der Waals surface area contributed by atoms with Crippen LogP contribution in [-0.4, -0.2) is 16.3 Å². The van der Waals surface area contributed by atoms with Crippen molar-refractivity contribution >= 4 is 17.7 Å². The molecule has 0 aliphatic heterocycles. The molecule has 1 aromatic carbocycles. The fourth-order valence-electron chi connectivity index (χ4n) is 1.22. The van der Waals surface area contributed by atoms with Gasteiger partial charge in [0.2, 0.25) is 0 Å². The molecule has 1 aromatic rings. The van der Waals surface area contributed by atoms with E-state index < -0.39 is 5.97 Å². The second-order valence-corrected chi connectivity index (χ2v) is 5.13. The third kappa shape index (κ3) is 3.27. The molecule has 0 bridgehead atoms. The van der Waals surface area contributed by atoms with Crippen molar-refractivity contribution in [1.29, 1.82) is 0 Å². The van der Waals surface area contributed by atoms with E-state index in [2.05, 4.69) is 13.8 Å². The Morgan fingerprint density at radius 1 is 1.53 bits per heavy atom. The molecule has 0 fully saturated rings. The highest BCUT2D eigenvalue weighted by molar-refractivity contribution is 7.99. The van der Waals surface area contributed by atoms with Gasteiger partial charge in [0, 0.05) is 10.1 Å². The van der Waals surface area contributed by atoms with Gasteiger partial charge in [0.25, 0.3) is 0 Å². The van der Waals surface area contributed by atoms with Crippen molar-refractivity contribution < 1.29 is 9.90 Å². The number of aromatic carboxylic acids is 1. The summed E-state index contributed by atoms with van der Waals surface area (Å²) in [5.41, 5.74) is 1.22. The van der Waals surface area contributed by atoms with E-state index >= 15 is 0 Å². The van der Waals surface area contributed by atoms with Crippen LogP contribution in [0.2, 0.25) is 0 Å². The van der Waals surface area contributed by atoms with Crippen LogP contribution in [0.25, 0.3) is 0 Å². The third-order valence-corrected chi connectivity index (χ3v) is 3.61. The van der Waals surface area contributed by atoms with E-state index in [1.54, 1.807) is 17.8 Å². The van der Waals surface area contributed by atoms with Crippen molar-refractivity contribution in [3.05, 3.63) is 29.3 Å². The second-order valence-electron chi connectivity index (χ2n) is 3.62. The molecule has 0 aliphatic carbocycles. The predicted octanol–water partition coefficient (Wildman–Crippen LogP) is 3.58. The lowest BCUT2D eigenvalue weighted by molar-refractivity contribution is 0.0696. The van der Waals surface area contributed by atoms with Crippen LogP contribution in [0.4, 0.5) is 0 Å². The Hall–Kier alpha value is -0.960. The molecule has 82 valence electrons. The lowest BCUT2D eigenvalue weighted by Gasteiger charge is -2.09. The number of carbonyl (C=O) groups is 1. The van der Waals surface area contributed by atoms with Gasteiger partial charge in [0.15, 0.2) is 0 Å². The van der Waals surface area contributed by atoms with Gasteiger partial charge in [-0.25, -0.2) is 4.79 Å². The van der Waals surface area contributed by atoms with Crippen molar-refractivity contribution in [2.75, 3.05) is 0 Å². The minimum absolute atomic E-state index is 0.406. The number of aryl methyl sites for hydroxylation is 1.